The Hall–Kier alpha value is -3.02. The summed E-state index contributed by atoms with van der Waals surface area (Å²) < 4.78 is 10.7. The van der Waals surface area contributed by atoms with Crippen molar-refractivity contribution < 1.29 is 19.1 Å². The molecule has 0 spiro atoms. The van der Waals surface area contributed by atoms with Crippen molar-refractivity contribution in [2.75, 3.05) is 25.5 Å². The minimum Gasteiger partial charge on any atom is -0.497 e. The summed E-state index contributed by atoms with van der Waals surface area (Å²) in [5, 5.41) is 2.86. The van der Waals surface area contributed by atoms with Crippen molar-refractivity contribution in [2.24, 2.45) is 0 Å². The molecule has 0 bridgehead atoms. The van der Waals surface area contributed by atoms with Crippen molar-refractivity contribution in [1.82, 2.24) is 4.90 Å². The van der Waals surface area contributed by atoms with Crippen LogP contribution in [-0.4, -0.2) is 43.0 Å². The number of hydrogen-bond donors (Lipinski definition) is 1. The van der Waals surface area contributed by atoms with Crippen LogP contribution in [0.4, 0.5) is 5.69 Å². The molecule has 2 amide bonds. The summed E-state index contributed by atoms with van der Waals surface area (Å²) in [6, 6.07) is 15.0. The molecule has 0 saturated heterocycles. The van der Waals surface area contributed by atoms with E-state index in [1.165, 1.54) is 6.92 Å². The van der Waals surface area contributed by atoms with E-state index >= 15 is 0 Å². The van der Waals surface area contributed by atoms with Crippen molar-refractivity contribution in [1.29, 1.82) is 0 Å². The maximum Gasteiger partial charge on any atom is 0.226 e. The van der Waals surface area contributed by atoms with E-state index in [1.807, 2.05) is 62.4 Å². The molecule has 0 fully saturated rings. The Morgan fingerprint density at radius 1 is 0.966 bits per heavy atom. The minimum absolute atomic E-state index is 0.0403. The highest BCUT2D eigenvalue weighted by molar-refractivity contribution is 5.91. The first-order valence-corrected chi connectivity index (χ1v) is 9.82. The Morgan fingerprint density at radius 2 is 1.59 bits per heavy atom. The van der Waals surface area contributed by atoms with Crippen molar-refractivity contribution in [3.63, 3.8) is 0 Å². The normalized spacial score (nSPS) is 10.5. The summed E-state index contributed by atoms with van der Waals surface area (Å²) in [6.45, 7) is 6.40. The van der Waals surface area contributed by atoms with Gasteiger partial charge < -0.3 is 19.7 Å². The Bertz CT molecular complexity index is 786. The van der Waals surface area contributed by atoms with Gasteiger partial charge in [-0.15, -0.1) is 0 Å². The molecule has 0 aliphatic rings. The van der Waals surface area contributed by atoms with E-state index in [0.29, 0.717) is 18.8 Å². The monoisotopic (exact) mass is 398 g/mol. The third-order valence-electron chi connectivity index (χ3n) is 4.39. The quantitative estimate of drug-likeness (QED) is 0.659. The number of benzene rings is 2. The summed E-state index contributed by atoms with van der Waals surface area (Å²) >= 11 is 0. The van der Waals surface area contributed by atoms with Crippen LogP contribution in [0.3, 0.4) is 0 Å². The number of hydrogen-bond acceptors (Lipinski definition) is 4. The number of amides is 2. The summed E-state index contributed by atoms with van der Waals surface area (Å²) in [7, 11) is 1.63. The summed E-state index contributed by atoms with van der Waals surface area (Å²) in [5.41, 5.74) is 1.82. The topological polar surface area (TPSA) is 67.9 Å². The van der Waals surface area contributed by atoms with Crippen LogP contribution in [0, 0.1) is 0 Å². The van der Waals surface area contributed by atoms with Gasteiger partial charge in [0.15, 0.2) is 0 Å². The van der Waals surface area contributed by atoms with Gasteiger partial charge in [0.1, 0.15) is 11.5 Å². The van der Waals surface area contributed by atoms with Crippen LogP contribution in [0.5, 0.6) is 11.5 Å². The van der Waals surface area contributed by atoms with Gasteiger partial charge in [-0.05, 0) is 62.2 Å². The van der Waals surface area contributed by atoms with Crippen molar-refractivity contribution >= 4 is 17.5 Å². The fourth-order valence-corrected chi connectivity index (χ4v) is 2.83. The van der Waals surface area contributed by atoms with Gasteiger partial charge in [-0.2, -0.15) is 0 Å². The highest BCUT2D eigenvalue weighted by Crippen LogP contribution is 2.17. The summed E-state index contributed by atoms with van der Waals surface area (Å²) in [6.07, 6.45) is 1.07. The molecule has 156 valence electrons. The molecule has 2 aromatic carbocycles. The average Bonchev–Trinajstić information content (AvgIpc) is 2.69. The van der Waals surface area contributed by atoms with Crippen molar-refractivity contribution in [3.05, 3.63) is 54.1 Å². The molecule has 0 saturated carbocycles. The van der Waals surface area contributed by atoms with Crippen LogP contribution in [0.25, 0.3) is 0 Å². The van der Waals surface area contributed by atoms with E-state index in [2.05, 4.69) is 5.32 Å². The molecule has 29 heavy (non-hydrogen) atoms. The van der Waals surface area contributed by atoms with E-state index in [4.69, 9.17) is 9.47 Å². The first-order chi connectivity index (χ1) is 13.9. The maximum atomic E-state index is 12.3. The predicted molar refractivity (Wildman–Crippen MR) is 114 cm³/mol. The molecule has 0 aromatic heterocycles. The van der Waals surface area contributed by atoms with E-state index in [-0.39, 0.29) is 24.3 Å². The molecule has 6 heteroatoms. The highest BCUT2D eigenvalue weighted by atomic mass is 16.5. The van der Waals surface area contributed by atoms with Gasteiger partial charge in [0, 0.05) is 32.1 Å². The Kier molecular flexibility index (Phi) is 8.52. The third kappa shape index (κ3) is 7.86. The van der Waals surface area contributed by atoms with Gasteiger partial charge in [0.25, 0.3) is 0 Å². The predicted octanol–water partition coefficient (Wildman–Crippen LogP) is 3.90. The van der Waals surface area contributed by atoms with E-state index in [1.54, 1.807) is 12.0 Å². The molecule has 6 nitrogen and oxygen atoms in total. The zero-order chi connectivity index (χ0) is 21.2. The number of rotatable bonds is 10. The minimum atomic E-state index is -0.127. The van der Waals surface area contributed by atoms with Crippen LogP contribution in [0.2, 0.25) is 0 Å². The SMILES string of the molecule is COc1ccc(CCN(CCC(=O)Nc2ccc(OC(C)C)cc2)C(C)=O)cc1. The van der Waals surface area contributed by atoms with E-state index < -0.39 is 0 Å². The fraction of sp³-hybridized carbons (Fsp3) is 0.391. The molecule has 0 aliphatic heterocycles. The van der Waals surface area contributed by atoms with Crippen LogP contribution < -0.4 is 14.8 Å². The van der Waals surface area contributed by atoms with Gasteiger partial charge in [-0.1, -0.05) is 12.1 Å². The molecule has 0 unspecified atom stereocenters. The average molecular weight is 399 g/mol. The van der Waals surface area contributed by atoms with Gasteiger partial charge >= 0.3 is 0 Å². The van der Waals surface area contributed by atoms with Gasteiger partial charge in [0.05, 0.1) is 13.2 Å². The van der Waals surface area contributed by atoms with Gasteiger partial charge in [0.2, 0.25) is 11.8 Å². The van der Waals surface area contributed by atoms with Gasteiger partial charge in [-0.3, -0.25) is 9.59 Å². The van der Waals surface area contributed by atoms with Crippen molar-refractivity contribution in [3.8, 4) is 11.5 Å². The largest absolute Gasteiger partial charge is 0.497 e. The maximum absolute atomic E-state index is 12.3. The summed E-state index contributed by atoms with van der Waals surface area (Å²) in [4.78, 5) is 25.9. The van der Waals surface area contributed by atoms with E-state index in [0.717, 1.165) is 23.5 Å². The molecule has 0 atom stereocenters. The molecule has 0 aliphatic carbocycles. The van der Waals surface area contributed by atoms with Crippen molar-refractivity contribution in [2.45, 2.75) is 39.7 Å². The standard InChI is InChI=1S/C23H30N2O4/c1-17(2)29-22-11-7-20(8-12-22)24-23(27)14-16-25(18(3)26)15-13-19-5-9-21(28-4)10-6-19/h5-12,17H,13-16H2,1-4H3,(H,24,27). The lowest BCUT2D eigenvalue weighted by Crippen LogP contribution is -2.33. The number of nitrogens with one attached hydrogen (secondary N) is 1. The zero-order valence-corrected chi connectivity index (χ0v) is 17.6. The number of methoxy groups -OCH3 is 1. The van der Waals surface area contributed by atoms with Crippen LogP contribution in [-0.2, 0) is 16.0 Å². The van der Waals surface area contributed by atoms with Crippen LogP contribution in [0.1, 0.15) is 32.8 Å². The highest BCUT2D eigenvalue weighted by Gasteiger charge is 2.12. The number of carbonyl (C=O) groups excluding carboxylic acids is 2. The summed E-state index contributed by atoms with van der Waals surface area (Å²) in [5.74, 6) is 1.40. The molecular formula is C23H30N2O4. The van der Waals surface area contributed by atoms with Crippen LogP contribution >= 0.6 is 0 Å². The molecule has 1 N–H and O–H groups in total. The molecular weight excluding hydrogens is 368 g/mol. The second-order valence-electron chi connectivity index (χ2n) is 7.09. The second-order valence-corrected chi connectivity index (χ2v) is 7.09. The Labute approximate surface area is 172 Å². The molecule has 0 heterocycles. The second kappa shape index (κ2) is 11.1. The first kappa shape index (κ1) is 22.3. The van der Waals surface area contributed by atoms with Crippen LogP contribution in [0.15, 0.2) is 48.5 Å². The first-order valence-electron chi connectivity index (χ1n) is 9.82. The lowest BCUT2D eigenvalue weighted by Gasteiger charge is -2.21. The third-order valence-corrected chi connectivity index (χ3v) is 4.39. The number of carbonyl (C=O) groups is 2. The van der Waals surface area contributed by atoms with Gasteiger partial charge in [-0.25, -0.2) is 0 Å². The van der Waals surface area contributed by atoms with E-state index in [9.17, 15) is 9.59 Å². The molecule has 2 aromatic rings. The Morgan fingerprint density at radius 3 is 2.14 bits per heavy atom. The lowest BCUT2D eigenvalue weighted by atomic mass is 10.1. The number of ether oxygens (including phenoxy) is 2. The molecule has 2 rings (SSSR count). The zero-order valence-electron chi connectivity index (χ0n) is 17.6. The lowest BCUT2D eigenvalue weighted by molar-refractivity contribution is -0.129. The number of nitrogens with zero attached hydrogens (tertiary/aromatic N) is 1. The molecule has 0 radical (unpaired) electrons. The fourth-order valence-electron chi connectivity index (χ4n) is 2.83. The number of anilines is 1. The smallest absolute Gasteiger partial charge is 0.226 e. The Balaban J connectivity index is 1.81.